The van der Waals surface area contributed by atoms with Crippen LogP contribution in [0.2, 0.25) is 10.0 Å². The third kappa shape index (κ3) is 7.10. The molecule has 0 saturated carbocycles. The molecular formula is C25H27Cl2N5O2S. The van der Waals surface area contributed by atoms with Gasteiger partial charge in [0, 0.05) is 17.3 Å². The molecule has 2 amide bonds. The number of hydrogen-bond donors (Lipinski definition) is 2. The Morgan fingerprint density at radius 1 is 1.11 bits per heavy atom. The van der Waals surface area contributed by atoms with E-state index in [1.165, 1.54) is 23.4 Å². The Kier molecular flexibility index (Phi) is 9.37. The zero-order valence-electron chi connectivity index (χ0n) is 19.7. The topological polar surface area (TPSA) is 88.9 Å². The molecule has 0 radical (unpaired) electrons. The van der Waals surface area contributed by atoms with Crippen LogP contribution in [-0.4, -0.2) is 32.3 Å². The normalized spacial score (nSPS) is 11.8. The summed E-state index contributed by atoms with van der Waals surface area (Å²) in [6.45, 7) is 10.3. The molecular weight excluding hydrogens is 505 g/mol. The monoisotopic (exact) mass is 531 g/mol. The minimum atomic E-state index is -0.468. The van der Waals surface area contributed by atoms with E-state index < -0.39 is 6.04 Å². The van der Waals surface area contributed by atoms with Crippen molar-refractivity contribution in [3.8, 4) is 0 Å². The SMILES string of the molecule is C=CCn1c(SCC(=O)Nc2ccc(C(C)C)cc2)nnc1C(C)NC(=O)c1ccc(Cl)cc1Cl. The second-order valence-corrected chi connectivity index (χ2v) is 9.96. The summed E-state index contributed by atoms with van der Waals surface area (Å²) in [4.78, 5) is 25.2. The molecule has 1 heterocycles. The van der Waals surface area contributed by atoms with Gasteiger partial charge in [-0.2, -0.15) is 0 Å². The van der Waals surface area contributed by atoms with Gasteiger partial charge in [-0.05, 0) is 48.7 Å². The number of nitrogens with one attached hydrogen (secondary N) is 2. The summed E-state index contributed by atoms with van der Waals surface area (Å²) in [5, 5.41) is 15.5. The number of allylic oxidation sites excluding steroid dienone is 1. The Balaban J connectivity index is 1.65. The first-order valence-electron chi connectivity index (χ1n) is 11.0. The van der Waals surface area contributed by atoms with Gasteiger partial charge < -0.3 is 15.2 Å². The van der Waals surface area contributed by atoms with Crippen molar-refractivity contribution in [2.75, 3.05) is 11.1 Å². The van der Waals surface area contributed by atoms with E-state index in [9.17, 15) is 9.59 Å². The zero-order valence-corrected chi connectivity index (χ0v) is 22.0. The summed E-state index contributed by atoms with van der Waals surface area (Å²) in [6, 6.07) is 12.0. The second kappa shape index (κ2) is 12.2. The average Bonchev–Trinajstić information content (AvgIpc) is 3.21. The van der Waals surface area contributed by atoms with Crippen LogP contribution in [0.3, 0.4) is 0 Å². The molecule has 3 aromatic rings. The van der Waals surface area contributed by atoms with Gasteiger partial charge in [0.15, 0.2) is 11.0 Å². The Labute approximate surface area is 219 Å². The van der Waals surface area contributed by atoms with E-state index in [0.29, 0.717) is 34.0 Å². The molecule has 1 unspecified atom stereocenters. The Hall–Kier alpha value is -2.81. The van der Waals surface area contributed by atoms with Gasteiger partial charge >= 0.3 is 0 Å². The molecule has 2 aromatic carbocycles. The van der Waals surface area contributed by atoms with Crippen LogP contribution in [0.5, 0.6) is 0 Å². The number of aromatic nitrogens is 3. The molecule has 10 heteroatoms. The van der Waals surface area contributed by atoms with E-state index in [1.54, 1.807) is 25.1 Å². The first-order valence-corrected chi connectivity index (χ1v) is 12.8. The van der Waals surface area contributed by atoms with Gasteiger partial charge in [-0.3, -0.25) is 9.59 Å². The summed E-state index contributed by atoms with van der Waals surface area (Å²) in [5.41, 5.74) is 2.26. The van der Waals surface area contributed by atoms with Gasteiger partial charge in [-0.25, -0.2) is 0 Å². The molecule has 0 aliphatic heterocycles. The van der Waals surface area contributed by atoms with E-state index in [4.69, 9.17) is 23.2 Å². The lowest BCUT2D eigenvalue weighted by Gasteiger charge is -2.16. The van der Waals surface area contributed by atoms with Gasteiger partial charge in [0.2, 0.25) is 5.91 Å². The molecule has 3 rings (SSSR count). The highest BCUT2D eigenvalue weighted by atomic mass is 35.5. The highest BCUT2D eigenvalue weighted by Gasteiger charge is 2.21. The van der Waals surface area contributed by atoms with Crippen LogP contribution < -0.4 is 10.6 Å². The van der Waals surface area contributed by atoms with E-state index in [-0.39, 0.29) is 22.6 Å². The molecule has 35 heavy (non-hydrogen) atoms. The van der Waals surface area contributed by atoms with Crippen molar-refractivity contribution in [2.24, 2.45) is 0 Å². The van der Waals surface area contributed by atoms with Gasteiger partial charge in [-0.1, -0.05) is 67.0 Å². The molecule has 1 atom stereocenters. The Bertz CT molecular complexity index is 1210. The van der Waals surface area contributed by atoms with Gasteiger partial charge in [0.1, 0.15) is 0 Å². The second-order valence-electron chi connectivity index (χ2n) is 8.17. The number of nitrogens with zero attached hydrogens (tertiary/aromatic N) is 3. The van der Waals surface area contributed by atoms with Crippen molar-refractivity contribution >= 4 is 52.5 Å². The van der Waals surface area contributed by atoms with Gasteiger partial charge in [-0.15, -0.1) is 16.8 Å². The third-order valence-corrected chi connectivity index (χ3v) is 6.68. The summed E-state index contributed by atoms with van der Waals surface area (Å²) >= 11 is 13.3. The van der Waals surface area contributed by atoms with Crippen molar-refractivity contribution in [1.29, 1.82) is 0 Å². The third-order valence-electron chi connectivity index (χ3n) is 5.16. The molecule has 0 bridgehead atoms. The van der Waals surface area contributed by atoms with Crippen LogP contribution in [0.25, 0.3) is 0 Å². The number of carbonyl (C=O) groups excluding carboxylic acids is 2. The minimum Gasteiger partial charge on any atom is -0.342 e. The summed E-state index contributed by atoms with van der Waals surface area (Å²) in [6.07, 6.45) is 1.71. The van der Waals surface area contributed by atoms with Crippen molar-refractivity contribution in [2.45, 2.75) is 44.4 Å². The Morgan fingerprint density at radius 3 is 2.46 bits per heavy atom. The fraction of sp³-hybridized carbons (Fsp3) is 0.280. The molecule has 0 aliphatic carbocycles. The van der Waals surface area contributed by atoms with Crippen LogP contribution >= 0.6 is 35.0 Å². The lowest BCUT2D eigenvalue weighted by atomic mass is 10.0. The van der Waals surface area contributed by atoms with Crippen LogP contribution in [0.1, 0.15) is 54.5 Å². The molecule has 1 aromatic heterocycles. The predicted molar refractivity (Wildman–Crippen MR) is 142 cm³/mol. The number of benzene rings is 2. The maximum atomic E-state index is 12.7. The van der Waals surface area contributed by atoms with Crippen molar-refractivity contribution < 1.29 is 9.59 Å². The number of rotatable bonds is 10. The number of carbonyl (C=O) groups is 2. The van der Waals surface area contributed by atoms with Gasteiger partial charge in [0.05, 0.1) is 22.4 Å². The number of anilines is 1. The summed E-state index contributed by atoms with van der Waals surface area (Å²) in [5.74, 6) is 0.610. The zero-order chi connectivity index (χ0) is 25.5. The molecule has 0 spiro atoms. The van der Waals surface area contributed by atoms with E-state index in [2.05, 4.69) is 41.3 Å². The van der Waals surface area contributed by atoms with Gasteiger partial charge in [0.25, 0.3) is 5.91 Å². The molecule has 0 fully saturated rings. The smallest absolute Gasteiger partial charge is 0.253 e. The van der Waals surface area contributed by atoms with Crippen molar-refractivity contribution in [1.82, 2.24) is 20.1 Å². The average molecular weight is 532 g/mol. The van der Waals surface area contributed by atoms with E-state index >= 15 is 0 Å². The minimum absolute atomic E-state index is 0.152. The van der Waals surface area contributed by atoms with Crippen LogP contribution in [-0.2, 0) is 11.3 Å². The van der Waals surface area contributed by atoms with Crippen LogP contribution in [0.15, 0.2) is 60.3 Å². The highest BCUT2D eigenvalue weighted by molar-refractivity contribution is 7.99. The lowest BCUT2D eigenvalue weighted by molar-refractivity contribution is -0.113. The fourth-order valence-electron chi connectivity index (χ4n) is 3.32. The quantitative estimate of drug-likeness (QED) is 0.243. The van der Waals surface area contributed by atoms with Crippen molar-refractivity contribution in [3.63, 3.8) is 0 Å². The number of thioether (sulfide) groups is 1. The van der Waals surface area contributed by atoms with E-state index in [1.807, 2.05) is 28.8 Å². The fourth-order valence-corrected chi connectivity index (χ4v) is 4.57. The van der Waals surface area contributed by atoms with Crippen LogP contribution in [0.4, 0.5) is 5.69 Å². The Morgan fingerprint density at radius 2 is 1.83 bits per heavy atom. The lowest BCUT2D eigenvalue weighted by Crippen LogP contribution is -2.29. The first kappa shape index (κ1) is 26.8. The number of amides is 2. The number of halogens is 2. The first-order chi connectivity index (χ1) is 16.7. The molecule has 0 saturated heterocycles. The van der Waals surface area contributed by atoms with E-state index in [0.717, 1.165) is 5.69 Å². The largest absolute Gasteiger partial charge is 0.342 e. The highest BCUT2D eigenvalue weighted by Crippen LogP contribution is 2.24. The maximum Gasteiger partial charge on any atom is 0.253 e. The van der Waals surface area contributed by atoms with Crippen LogP contribution in [0, 0.1) is 0 Å². The molecule has 0 aliphatic rings. The molecule has 184 valence electrons. The maximum absolute atomic E-state index is 12.7. The molecule has 7 nitrogen and oxygen atoms in total. The number of hydrogen-bond acceptors (Lipinski definition) is 5. The molecule has 2 N–H and O–H groups in total. The van der Waals surface area contributed by atoms with Crippen molar-refractivity contribution in [3.05, 3.63) is 82.1 Å². The standard InChI is InChI=1S/C25H27Cl2N5O2S/c1-5-12-32-23(16(4)28-24(34)20-11-8-18(26)13-21(20)27)30-31-25(32)35-14-22(33)29-19-9-6-17(7-10-19)15(2)3/h5-11,13,15-16H,1,12,14H2,2-4H3,(H,28,34)(H,29,33). The predicted octanol–water partition coefficient (Wildman–Crippen LogP) is 6.12. The summed E-state index contributed by atoms with van der Waals surface area (Å²) in [7, 11) is 0. The summed E-state index contributed by atoms with van der Waals surface area (Å²) < 4.78 is 1.82.